The molecule has 2 aromatic heterocycles. The van der Waals surface area contributed by atoms with Crippen molar-refractivity contribution in [3.05, 3.63) is 81.0 Å². The first kappa shape index (κ1) is 21.3. The van der Waals surface area contributed by atoms with Crippen LogP contribution in [0.15, 0.2) is 47.5 Å². The summed E-state index contributed by atoms with van der Waals surface area (Å²) in [5.41, 5.74) is 5.70. The number of hydrogen-bond acceptors (Lipinski definition) is 5. The number of nitrogens with zero attached hydrogens (tertiary/aromatic N) is 4. The third-order valence-electron chi connectivity index (χ3n) is 5.11. The van der Waals surface area contributed by atoms with Gasteiger partial charge in [0.25, 0.3) is 5.88 Å². The molecule has 2 heterocycles. The SMILES string of the molecule is Cc1cc(C)cc(Oc2nccn3c(=O)n(CC(=O)Nc4c(C)cc(C)cc4C)nc23)c1. The smallest absolute Gasteiger partial charge is 0.351 e. The molecule has 0 saturated heterocycles. The van der Waals surface area contributed by atoms with Crippen molar-refractivity contribution in [3.8, 4) is 11.6 Å². The number of aryl methyl sites for hydroxylation is 5. The Morgan fingerprint density at radius 1 is 0.969 bits per heavy atom. The summed E-state index contributed by atoms with van der Waals surface area (Å²) in [6.45, 7) is 9.61. The van der Waals surface area contributed by atoms with Gasteiger partial charge in [-0.15, -0.1) is 5.10 Å². The lowest BCUT2D eigenvalue weighted by Gasteiger charge is -2.12. The number of ether oxygens (including phenoxy) is 1. The lowest BCUT2D eigenvalue weighted by atomic mass is 10.1. The van der Waals surface area contributed by atoms with E-state index in [1.54, 1.807) is 0 Å². The molecule has 1 N–H and O–H groups in total. The van der Waals surface area contributed by atoms with Crippen LogP contribution in [0.3, 0.4) is 0 Å². The third-order valence-corrected chi connectivity index (χ3v) is 5.11. The highest BCUT2D eigenvalue weighted by Crippen LogP contribution is 2.24. The van der Waals surface area contributed by atoms with Gasteiger partial charge in [-0.3, -0.25) is 4.79 Å². The van der Waals surface area contributed by atoms with E-state index < -0.39 is 5.69 Å². The molecule has 1 amide bonds. The Kier molecular flexibility index (Phi) is 5.52. The Bertz CT molecular complexity index is 1360. The van der Waals surface area contributed by atoms with E-state index in [2.05, 4.69) is 15.4 Å². The molecule has 0 bridgehead atoms. The zero-order valence-electron chi connectivity index (χ0n) is 18.8. The Labute approximate surface area is 185 Å². The number of carbonyl (C=O) groups excluding carboxylic acids is 1. The molecule has 8 heteroatoms. The number of nitrogens with one attached hydrogen (secondary N) is 1. The van der Waals surface area contributed by atoms with Crippen molar-refractivity contribution < 1.29 is 9.53 Å². The van der Waals surface area contributed by atoms with E-state index in [4.69, 9.17) is 4.74 Å². The molecule has 164 valence electrons. The Morgan fingerprint density at radius 3 is 2.25 bits per heavy atom. The molecule has 0 radical (unpaired) electrons. The van der Waals surface area contributed by atoms with Gasteiger partial charge in [0.1, 0.15) is 12.3 Å². The molecular formula is C24H25N5O3. The highest BCUT2D eigenvalue weighted by atomic mass is 16.5. The second kappa shape index (κ2) is 8.30. The Balaban J connectivity index is 1.62. The molecule has 0 saturated carbocycles. The van der Waals surface area contributed by atoms with Crippen molar-refractivity contribution in [2.45, 2.75) is 41.2 Å². The summed E-state index contributed by atoms with van der Waals surface area (Å²) in [5.74, 6) is 0.461. The van der Waals surface area contributed by atoms with Gasteiger partial charge in [0.2, 0.25) is 11.6 Å². The number of amides is 1. The number of rotatable bonds is 5. The van der Waals surface area contributed by atoms with E-state index in [-0.39, 0.29) is 24.0 Å². The number of aromatic nitrogens is 4. The van der Waals surface area contributed by atoms with Crippen LogP contribution in [0.25, 0.3) is 5.65 Å². The maximum Gasteiger partial charge on any atom is 0.351 e. The fraction of sp³-hybridized carbons (Fsp3) is 0.250. The molecule has 0 aliphatic heterocycles. The van der Waals surface area contributed by atoms with Crippen molar-refractivity contribution in [2.75, 3.05) is 5.32 Å². The molecule has 0 unspecified atom stereocenters. The van der Waals surface area contributed by atoms with E-state index in [1.165, 1.54) is 16.8 Å². The predicted molar refractivity (Wildman–Crippen MR) is 123 cm³/mol. The molecule has 0 atom stereocenters. The van der Waals surface area contributed by atoms with E-state index in [0.29, 0.717) is 5.75 Å². The number of hydrogen-bond donors (Lipinski definition) is 1. The van der Waals surface area contributed by atoms with Crippen LogP contribution in [-0.4, -0.2) is 25.1 Å². The topological polar surface area (TPSA) is 90.5 Å². The van der Waals surface area contributed by atoms with Gasteiger partial charge in [-0.25, -0.2) is 18.9 Å². The van der Waals surface area contributed by atoms with Crippen LogP contribution in [0.5, 0.6) is 11.6 Å². The largest absolute Gasteiger partial charge is 0.436 e. The van der Waals surface area contributed by atoms with E-state index in [1.807, 2.05) is 65.0 Å². The van der Waals surface area contributed by atoms with Gasteiger partial charge in [-0.1, -0.05) is 23.8 Å². The average molecular weight is 431 g/mol. The predicted octanol–water partition coefficient (Wildman–Crippen LogP) is 3.86. The molecule has 32 heavy (non-hydrogen) atoms. The lowest BCUT2D eigenvalue weighted by molar-refractivity contribution is -0.117. The minimum Gasteiger partial charge on any atom is -0.436 e. The highest BCUT2D eigenvalue weighted by molar-refractivity contribution is 5.92. The van der Waals surface area contributed by atoms with Gasteiger partial charge in [-0.2, -0.15) is 0 Å². The first-order valence-corrected chi connectivity index (χ1v) is 10.3. The van der Waals surface area contributed by atoms with Gasteiger partial charge in [0, 0.05) is 18.1 Å². The van der Waals surface area contributed by atoms with Crippen molar-refractivity contribution in [3.63, 3.8) is 0 Å². The van der Waals surface area contributed by atoms with E-state index >= 15 is 0 Å². The van der Waals surface area contributed by atoms with Crippen molar-refractivity contribution >= 4 is 17.2 Å². The van der Waals surface area contributed by atoms with Crippen LogP contribution < -0.4 is 15.7 Å². The van der Waals surface area contributed by atoms with Crippen LogP contribution >= 0.6 is 0 Å². The van der Waals surface area contributed by atoms with Crippen LogP contribution in [0.2, 0.25) is 0 Å². The van der Waals surface area contributed by atoms with E-state index in [9.17, 15) is 9.59 Å². The summed E-state index contributed by atoms with van der Waals surface area (Å²) in [6.07, 6.45) is 2.97. The van der Waals surface area contributed by atoms with Gasteiger partial charge < -0.3 is 10.1 Å². The van der Waals surface area contributed by atoms with Gasteiger partial charge in [0.15, 0.2) is 0 Å². The summed E-state index contributed by atoms with van der Waals surface area (Å²) >= 11 is 0. The first-order valence-electron chi connectivity index (χ1n) is 10.3. The summed E-state index contributed by atoms with van der Waals surface area (Å²) < 4.78 is 8.35. The number of benzene rings is 2. The Morgan fingerprint density at radius 2 is 1.59 bits per heavy atom. The zero-order valence-corrected chi connectivity index (χ0v) is 18.8. The fourth-order valence-electron chi connectivity index (χ4n) is 3.90. The van der Waals surface area contributed by atoms with Crippen molar-refractivity contribution in [1.29, 1.82) is 0 Å². The maximum atomic E-state index is 12.8. The molecule has 4 aromatic rings. The second-order valence-corrected chi connectivity index (χ2v) is 8.11. The minimum atomic E-state index is -0.444. The van der Waals surface area contributed by atoms with Crippen molar-refractivity contribution in [1.82, 2.24) is 19.2 Å². The quantitative estimate of drug-likeness (QED) is 0.518. The first-order chi connectivity index (χ1) is 15.2. The van der Waals surface area contributed by atoms with Gasteiger partial charge >= 0.3 is 5.69 Å². The standard InChI is InChI=1S/C24H25N5O3/c1-14-8-15(2)12-19(11-14)32-23-22-27-29(24(31)28(22)7-6-25-23)13-20(30)26-21-17(4)9-16(3)10-18(21)5/h6-12H,13H2,1-5H3,(H,26,30). The monoisotopic (exact) mass is 431 g/mol. The fourth-order valence-corrected chi connectivity index (χ4v) is 3.90. The van der Waals surface area contributed by atoms with E-state index in [0.717, 1.165) is 38.2 Å². The molecule has 8 nitrogen and oxygen atoms in total. The summed E-state index contributed by atoms with van der Waals surface area (Å²) in [5, 5.41) is 7.21. The summed E-state index contributed by atoms with van der Waals surface area (Å²) in [4.78, 5) is 29.7. The summed E-state index contributed by atoms with van der Waals surface area (Å²) in [7, 11) is 0. The van der Waals surface area contributed by atoms with Crippen molar-refractivity contribution in [2.24, 2.45) is 0 Å². The van der Waals surface area contributed by atoms with Crippen LogP contribution in [-0.2, 0) is 11.3 Å². The number of fused-ring (bicyclic) bond motifs is 1. The normalized spacial score (nSPS) is 11.0. The second-order valence-electron chi connectivity index (χ2n) is 8.11. The molecule has 0 aliphatic rings. The van der Waals surface area contributed by atoms with Crippen LogP contribution in [0, 0.1) is 34.6 Å². The zero-order chi connectivity index (χ0) is 23.0. The minimum absolute atomic E-state index is 0.194. The van der Waals surface area contributed by atoms with Gasteiger partial charge in [-0.05, 0) is 69.0 Å². The van der Waals surface area contributed by atoms with Crippen LogP contribution in [0.1, 0.15) is 27.8 Å². The molecule has 2 aromatic carbocycles. The van der Waals surface area contributed by atoms with Crippen LogP contribution in [0.4, 0.5) is 5.69 Å². The maximum absolute atomic E-state index is 12.8. The molecule has 0 fully saturated rings. The highest BCUT2D eigenvalue weighted by Gasteiger charge is 2.17. The number of carbonyl (C=O) groups is 1. The molecule has 4 rings (SSSR count). The summed E-state index contributed by atoms with van der Waals surface area (Å²) in [6, 6.07) is 9.81. The number of anilines is 1. The third kappa shape index (κ3) is 4.25. The average Bonchev–Trinajstić information content (AvgIpc) is 3.01. The van der Waals surface area contributed by atoms with Gasteiger partial charge in [0.05, 0.1) is 0 Å². The molecule has 0 spiro atoms. The Hall–Kier alpha value is -3.94. The lowest BCUT2D eigenvalue weighted by Crippen LogP contribution is -2.28. The molecular weight excluding hydrogens is 406 g/mol. The molecule has 0 aliphatic carbocycles.